The Kier molecular flexibility index (Phi) is 7.14. The molecule has 0 bridgehead atoms. The molecule has 0 aliphatic carbocycles. The second kappa shape index (κ2) is 9.54. The highest BCUT2D eigenvalue weighted by Gasteiger charge is 2.13. The summed E-state index contributed by atoms with van der Waals surface area (Å²) >= 11 is 0. The molecule has 28 heavy (non-hydrogen) atoms. The van der Waals surface area contributed by atoms with E-state index in [0.29, 0.717) is 17.6 Å². The maximum Gasteiger partial charge on any atom is 0.276 e. The summed E-state index contributed by atoms with van der Waals surface area (Å²) in [6, 6.07) is 7.24. The average molecular weight is 394 g/mol. The molecule has 2 amide bonds. The van der Waals surface area contributed by atoms with Crippen LogP contribution in [0.3, 0.4) is 0 Å². The van der Waals surface area contributed by atoms with Gasteiger partial charge in [-0.05, 0) is 44.2 Å². The van der Waals surface area contributed by atoms with Crippen LogP contribution in [-0.2, 0) is 4.79 Å². The van der Waals surface area contributed by atoms with Gasteiger partial charge in [-0.15, -0.1) is 0 Å². The number of halogens is 2. The van der Waals surface area contributed by atoms with Crippen LogP contribution in [0.1, 0.15) is 24.2 Å². The first kappa shape index (κ1) is 20.9. The molecule has 2 aromatic rings. The summed E-state index contributed by atoms with van der Waals surface area (Å²) in [5.74, 6) is -2.47. The first-order valence-corrected chi connectivity index (χ1v) is 8.32. The summed E-state index contributed by atoms with van der Waals surface area (Å²) in [6.45, 7) is 3.14. The highest BCUT2D eigenvalue weighted by Crippen LogP contribution is 2.28. The molecule has 0 saturated heterocycles. The lowest BCUT2D eigenvalue weighted by molar-refractivity contribution is -0.123. The number of carbonyl (C=O) groups excluding carboxylic acids is 2. The van der Waals surface area contributed by atoms with E-state index in [9.17, 15) is 18.4 Å². The summed E-state index contributed by atoms with van der Waals surface area (Å²) in [7, 11) is 1.44. The molecule has 0 spiro atoms. The van der Waals surface area contributed by atoms with E-state index in [-0.39, 0.29) is 17.4 Å². The Morgan fingerprint density at radius 1 is 1.00 bits per heavy atom. The summed E-state index contributed by atoms with van der Waals surface area (Å²) in [5, 5.41) is 0. The van der Waals surface area contributed by atoms with Crippen LogP contribution < -0.4 is 25.1 Å². The van der Waals surface area contributed by atoms with E-state index in [0.717, 1.165) is 12.1 Å². The molecule has 150 valence electrons. The van der Waals surface area contributed by atoms with Gasteiger partial charge in [0.2, 0.25) is 0 Å². The SMILES string of the molecule is COc1cc(C(=O)NNC(=O)COc2ccc(F)cc2F)ccc1OC(C)C. The van der Waals surface area contributed by atoms with E-state index in [1.54, 1.807) is 6.07 Å². The van der Waals surface area contributed by atoms with Crippen LogP contribution in [0.2, 0.25) is 0 Å². The number of hydrazine groups is 1. The number of hydrogen-bond acceptors (Lipinski definition) is 5. The molecule has 0 aliphatic rings. The zero-order valence-corrected chi connectivity index (χ0v) is 15.5. The summed E-state index contributed by atoms with van der Waals surface area (Å²) < 4.78 is 41.9. The molecular weight excluding hydrogens is 374 g/mol. The average Bonchev–Trinajstić information content (AvgIpc) is 2.65. The second-order valence-corrected chi connectivity index (χ2v) is 5.90. The lowest BCUT2D eigenvalue weighted by Crippen LogP contribution is -2.43. The number of rotatable bonds is 7. The van der Waals surface area contributed by atoms with E-state index in [2.05, 4.69) is 10.9 Å². The molecule has 0 fully saturated rings. The Bertz CT molecular complexity index is 858. The van der Waals surface area contributed by atoms with Crippen molar-refractivity contribution in [1.29, 1.82) is 0 Å². The van der Waals surface area contributed by atoms with Gasteiger partial charge in [0.05, 0.1) is 13.2 Å². The molecule has 0 heterocycles. The van der Waals surface area contributed by atoms with Gasteiger partial charge in [-0.25, -0.2) is 8.78 Å². The highest BCUT2D eigenvalue weighted by atomic mass is 19.1. The Morgan fingerprint density at radius 3 is 2.36 bits per heavy atom. The second-order valence-electron chi connectivity index (χ2n) is 5.90. The van der Waals surface area contributed by atoms with Crippen LogP contribution in [0, 0.1) is 11.6 Å². The first-order chi connectivity index (χ1) is 13.3. The fourth-order valence-electron chi connectivity index (χ4n) is 2.13. The van der Waals surface area contributed by atoms with Crippen molar-refractivity contribution in [2.75, 3.05) is 13.7 Å². The molecule has 0 aliphatic heterocycles. The van der Waals surface area contributed by atoms with E-state index >= 15 is 0 Å². The number of hydrogen-bond donors (Lipinski definition) is 2. The summed E-state index contributed by atoms with van der Waals surface area (Å²) in [5.41, 5.74) is 4.56. The molecule has 2 N–H and O–H groups in total. The van der Waals surface area contributed by atoms with E-state index in [1.807, 2.05) is 13.8 Å². The molecular formula is C19H20F2N2O5. The number of methoxy groups -OCH3 is 1. The molecule has 0 aromatic heterocycles. The van der Waals surface area contributed by atoms with Gasteiger partial charge in [0.25, 0.3) is 11.8 Å². The van der Waals surface area contributed by atoms with Gasteiger partial charge in [0.15, 0.2) is 29.7 Å². The van der Waals surface area contributed by atoms with Crippen molar-refractivity contribution in [1.82, 2.24) is 10.9 Å². The monoisotopic (exact) mass is 394 g/mol. The van der Waals surface area contributed by atoms with Crippen molar-refractivity contribution in [3.05, 3.63) is 53.6 Å². The van der Waals surface area contributed by atoms with Gasteiger partial charge < -0.3 is 14.2 Å². The number of amides is 2. The van der Waals surface area contributed by atoms with E-state index < -0.39 is 30.1 Å². The summed E-state index contributed by atoms with van der Waals surface area (Å²) in [6.07, 6.45) is -0.0705. The van der Waals surface area contributed by atoms with Crippen molar-refractivity contribution in [2.45, 2.75) is 20.0 Å². The molecule has 0 saturated carbocycles. The fourth-order valence-corrected chi connectivity index (χ4v) is 2.13. The van der Waals surface area contributed by atoms with Gasteiger partial charge in [-0.1, -0.05) is 0 Å². The molecule has 2 aromatic carbocycles. The van der Waals surface area contributed by atoms with E-state index in [1.165, 1.54) is 19.2 Å². The van der Waals surface area contributed by atoms with Gasteiger partial charge >= 0.3 is 0 Å². The largest absolute Gasteiger partial charge is 0.493 e. The highest BCUT2D eigenvalue weighted by molar-refractivity contribution is 5.96. The van der Waals surface area contributed by atoms with Crippen molar-refractivity contribution in [3.63, 3.8) is 0 Å². The van der Waals surface area contributed by atoms with E-state index in [4.69, 9.17) is 14.2 Å². The normalized spacial score (nSPS) is 10.4. The van der Waals surface area contributed by atoms with Gasteiger partial charge in [0, 0.05) is 11.6 Å². The minimum absolute atomic E-state index is 0.0705. The molecule has 0 unspecified atom stereocenters. The van der Waals surface area contributed by atoms with Crippen LogP contribution in [-0.4, -0.2) is 31.6 Å². The van der Waals surface area contributed by atoms with Crippen molar-refractivity contribution in [3.8, 4) is 17.2 Å². The van der Waals surface area contributed by atoms with Gasteiger partial charge in [0.1, 0.15) is 5.82 Å². The Hall–Kier alpha value is -3.36. The Balaban J connectivity index is 1.89. The Morgan fingerprint density at radius 2 is 1.71 bits per heavy atom. The van der Waals surface area contributed by atoms with Crippen LogP contribution in [0.15, 0.2) is 36.4 Å². The lowest BCUT2D eigenvalue weighted by atomic mass is 10.2. The van der Waals surface area contributed by atoms with Crippen molar-refractivity contribution >= 4 is 11.8 Å². The maximum absolute atomic E-state index is 13.4. The molecule has 0 radical (unpaired) electrons. The number of nitrogens with one attached hydrogen (secondary N) is 2. The predicted octanol–water partition coefficient (Wildman–Crippen LogP) is 2.60. The topological polar surface area (TPSA) is 85.9 Å². The van der Waals surface area contributed by atoms with Gasteiger partial charge in [-0.3, -0.25) is 20.4 Å². The standard InChI is InChI=1S/C19H20F2N2O5/c1-11(2)28-16-6-4-12(8-17(16)26-3)19(25)23-22-18(24)10-27-15-7-5-13(20)9-14(15)21/h4-9,11H,10H2,1-3H3,(H,22,24)(H,23,25). The third kappa shape index (κ3) is 5.83. The molecule has 2 rings (SSSR count). The molecule has 9 heteroatoms. The molecule has 7 nitrogen and oxygen atoms in total. The van der Waals surface area contributed by atoms with Crippen molar-refractivity contribution < 1.29 is 32.6 Å². The molecule has 0 atom stereocenters. The zero-order chi connectivity index (χ0) is 20.7. The minimum Gasteiger partial charge on any atom is -0.493 e. The van der Waals surface area contributed by atoms with Crippen LogP contribution in [0.25, 0.3) is 0 Å². The number of benzene rings is 2. The smallest absolute Gasteiger partial charge is 0.276 e. The van der Waals surface area contributed by atoms with Crippen LogP contribution in [0.4, 0.5) is 8.78 Å². The first-order valence-electron chi connectivity index (χ1n) is 8.32. The number of carbonyl (C=O) groups is 2. The Labute approximate surface area is 160 Å². The van der Waals surface area contributed by atoms with Crippen LogP contribution >= 0.6 is 0 Å². The summed E-state index contributed by atoms with van der Waals surface area (Å²) in [4.78, 5) is 23.9. The van der Waals surface area contributed by atoms with Crippen LogP contribution in [0.5, 0.6) is 17.2 Å². The lowest BCUT2D eigenvalue weighted by Gasteiger charge is -2.14. The fraction of sp³-hybridized carbons (Fsp3) is 0.263. The number of ether oxygens (including phenoxy) is 3. The maximum atomic E-state index is 13.4. The predicted molar refractivity (Wildman–Crippen MR) is 96.2 cm³/mol. The van der Waals surface area contributed by atoms with Crippen molar-refractivity contribution in [2.24, 2.45) is 0 Å². The van der Waals surface area contributed by atoms with Gasteiger partial charge in [-0.2, -0.15) is 0 Å². The minimum atomic E-state index is -0.937. The third-order valence-electron chi connectivity index (χ3n) is 3.36. The zero-order valence-electron chi connectivity index (χ0n) is 15.5. The quantitative estimate of drug-likeness (QED) is 0.705. The third-order valence-corrected chi connectivity index (χ3v) is 3.36.